The van der Waals surface area contributed by atoms with E-state index in [1.165, 1.54) is 0 Å². The Morgan fingerprint density at radius 3 is 2.14 bits per heavy atom. The molecule has 1 fully saturated rings. The van der Waals surface area contributed by atoms with Crippen LogP contribution in [-0.4, -0.2) is 41.3 Å². The zero-order valence-corrected chi connectivity index (χ0v) is 20.4. The number of carbonyl (C=O) groups is 3. The Bertz CT molecular complexity index is 1050. The summed E-state index contributed by atoms with van der Waals surface area (Å²) < 4.78 is 5.63. The van der Waals surface area contributed by atoms with Gasteiger partial charge in [0, 0.05) is 12.0 Å². The Kier molecular flexibility index (Phi) is 7.43. The van der Waals surface area contributed by atoms with Gasteiger partial charge in [0.1, 0.15) is 12.1 Å². The van der Waals surface area contributed by atoms with Crippen LogP contribution in [0.15, 0.2) is 48.5 Å². The molecule has 2 aliphatic carbocycles. The molecule has 0 radical (unpaired) electrons. The van der Waals surface area contributed by atoms with Gasteiger partial charge in [0.2, 0.25) is 5.91 Å². The van der Waals surface area contributed by atoms with Gasteiger partial charge in [-0.3, -0.25) is 9.59 Å². The molecule has 2 amide bonds. The van der Waals surface area contributed by atoms with Crippen LogP contribution in [0.2, 0.25) is 0 Å². The fourth-order valence-electron chi connectivity index (χ4n) is 5.38. The molecule has 0 bridgehead atoms. The topological polar surface area (TPSA) is 105 Å². The molecule has 2 aromatic carbocycles. The van der Waals surface area contributed by atoms with Crippen molar-refractivity contribution < 1.29 is 24.2 Å². The van der Waals surface area contributed by atoms with Crippen LogP contribution in [0.4, 0.5) is 4.79 Å². The van der Waals surface area contributed by atoms with E-state index in [0.29, 0.717) is 6.42 Å². The number of rotatable bonds is 9. The van der Waals surface area contributed by atoms with Crippen molar-refractivity contribution in [3.63, 3.8) is 0 Å². The van der Waals surface area contributed by atoms with Crippen LogP contribution >= 0.6 is 0 Å². The predicted molar refractivity (Wildman–Crippen MR) is 133 cm³/mol. The highest BCUT2D eigenvalue weighted by Crippen LogP contribution is 2.44. The van der Waals surface area contributed by atoms with Crippen molar-refractivity contribution in [1.29, 1.82) is 0 Å². The van der Waals surface area contributed by atoms with Gasteiger partial charge in [-0.25, -0.2) is 4.79 Å². The molecule has 7 heteroatoms. The Morgan fingerprint density at radius 1 is 1.03 bits per heavy atom. The molecule has 0 spiro atoms. The number of hydrogen-bond donors (Lipinski definition) is 3. The van der Waals surface area contributed by atoms with Crippen molar-refractivity contribution in [1.82, 2.24) is 10.6 Å². The monoisotopic (exact) mass is 478 g/mol. The maximum Gasteiger partial charge on any atom is 0.408 e. The highest BCUT2D eigenvalue weighted by molar-refractivity contribution is 5.90. The second-order valence-electron chi connectivity index (χ2n) is 9.86. The van der Waals surface area contributed by atoms with Gasteiger partial charge in [-0.2, -0.15) is 0 Å². The van der Waals surface area contributed by atoms with E-state index in [1.54, 1.807) is 6.92 Å². The van der Waals surface area contributed by atoms with Crippen LogP contribution in [0.25, 0.3) is 11.1 Å². The summed E-state index contributed by atoms with van der Waals surface area (Å²) in [4.78, 5) is 37.4. The minimum Gasteiger partial charge on any atom is -0.481 e. The molecule has 2 atom stereocenters. The molecular weight excluding hydrogens is 444 g/mol. The average Bonchev–Trinajstić information content (AvgIpc) is 3.49. The zero-order valence-electron chi connectivity index (χ0n) is 20.4. The van der Waals surface area contributed by atoms with Crippen molar-refractivity contribution >= 4 is 18.0 Å². The van der Waals surface area contributed by atoms with E-state index < -0.39 is 23.6 Å². The van der Waals surface area contributed by atoms with Crippen molar-refractivity contribution in [2.45, 2.75) is 69.9 Å². The highest BCUT2D eigenvalue weighted by atomic mass is 16.5. The molecule has 35 heavy (non-hydrogen) atoms. The normalized spacial score (nSPS) is 17.7. The number of ether oxygens (including phenoxy) is 1. The molecule has 1 saturated carbocycles. The third-order valence-corrected chi connectivity index (χ3v) is 7.61. The van der Waals surface area contributed by atoms with E-state index in [9.17, 15) is 19.5 Å². The molecule has 3 N–H and O–H groups in total. The lowest BCUT2D eigenvalue weighted by atomic mass is 9.92. The Balaban J connectivity index is 1.41. The SMILES string of the molecule is CCC(C)(NC(=O)OCC1c2ccccc2-c2ccccc21)C(=O)NC(CC(=O)O)C1CCCC1. The second-order valence-corrected chi connectivity index (χ2v) is 9.86. The Morgan fingerprint density at radius 2 is 1.60 bits per heavy atom. The van der Waals surface area contributed by atoms with E-state index in [-0.39, 0.29) is 30.8 Å². The number of fused-ring (bicyclic) bond motifs is 3. The molecule has 186 valence electrons. The van der Waals surface area contributed by atoms with E-state index in [0.717, 1.165) is 47.9 Å². The van der Waals surface area contributed by atoms with E-state index in [4.69, 9.17) is 4.74 Å². The van der Waals surface area contributed by atoms with Crippen LogP contribution in [0.3, 0.4) is 0 Å². The summed E-state index contributed by atoms with van der Waals surface area (Å²) in [5.74, 6) is -1.25. The third kappa shape index (κ3) is 5.34. The summed E-state index contributed by atoms with van der Waals surface area (Å²) >= 11 is 0. The molecule has 0 aromatic heterocycles. The smallest absolute Gasteiger partial charge is 0.408 e. The number of carboxylic acid groups (broad SMARTS) is 1. The molecule has 0 heterocycles. The standard InChI is InChI=1S/C28H34N2O5/c1-3-28(2,26(33)29-24(16-25(31)32)18-10-4-5-11-18)30-27(34)35-17-23-21-14-8-6-12-19(21)20-13-7-9-15-22(20)23/h6-9,12-15,18,23-24H,3-5,10-11,16-17H2,1-2H3,(H,29,33)(H,30,34)(H,31,32). The van der Waals surface area contributed by atoms with Gasteiger partial charge in [0.05, 0.1) is 6.42 Å². The zero-order chi connectivity index (χ0) is 25.0. The van der Waals surface area contributed by atoms with Gasteiger partial charge in [-0.1, -0.05) is 68.3 Å². The van der Waals surface area contributed by atoms with Gasteiger partial charge in [0.15, 0.2) is 0 Å². The minimum absolute atomic E-state index is 0.0721. The first kappa shape index (κ1) is 24.8. The summed E-state index contributed by atoms with van der Waals surface area (Å²) in [6.45, 7) is 3.62. The highest BCUT2D eigenvalue weighted by Gasteiger charge is 2.38. The Hall–Kier alpha value is -3.35. The number of hydrogen-bond acceptors (Lipinski definition) is 4. The summed E-state index contributed by atoms with van der Waals surface area (Å²) in [6, 6.07) is 15.8. The van der Waals surface area contributed by atoms with Crippen molar-refractivity contribution in [3.05, 3.63) is 59.7 Å². The molecular formula is C28H34N2O5. The van der Waals surface area contributed by atoms with Gasteiger partial charge >= 0.3 is 12.1 Å². The van der Waals surface area contributed by atoms with Gasteiger partial charge in [-0.05, 0) is 54.4 Å². The molecule has 2 aliphatic rings. The molecule has 0 saturated heterocycles. The largest absolute Gasteiger partial charge is 0.481 e. The number of aliphatic carboxylic acids is 1. The fraction of sp³-hybridized carbons (Fsp3) is 0.464. The number of carboxylic acids is 1. The Labute approximate surface area is 206 Å². The van der Waals surface area contributed by atoms with Crippen LogP contribution in [0, 0.1) is 5.92 Å². The maximum atomic E-state index is 13.2. The second kappa shape index (κ2) is 10.5. The fourth-order valence-corrected chi connectivity index (χ4v) is 5.38. The third-order valence-electron chi connectivity index (χ3n) is 7.61. The molecule has 0 aliphatic heterocycles. The summed E-state index contributed by atoms with van der Waals surface area (Å²) in [5.41, 5.74) is 3.31. The van der Waals surface area contributed by atoms with E-state index >= 15 is 0 Å². The van der Waals surface area contributed by atoms with E-state index in [2.05, 4.69) is 34.9 Å². The molecule has 7 nitrogen and oxygen atoms in total. The first-order valence-electron chi connectivity index (χ1n) is 12.5. The number of amides is 2. The van der Waals surface area contributed by atoms with Crippen LogP contribution < -0.4 is 10.6 Å². The summed E-state index contributed by atoms with van der Waals surface area (Å²) in [7, 11) is 0. The number of carbonyl (C=O) groups excluding carboxylic acids is 2. The predicted octanol–water partition coefficient (Wildman–Crippen LogP) is 4.84. The lowest BCUT2D eigenvalue weighted by molar-refractivity contribution is -0.138. The lowest BCUT2D eigenvalue weighted by Gasteiger charge is -2.32. The number of nitrogens with one attached hydrogen (secondary N) is 2. The van der Waals surface area contributed by atoms with Crippen LogP contribution in [0.5, 0.6) is 0 Å². The van der Waals surface area contributed by atoms with Gasteiger partial charge in [-0.15, -0.1) is 0 Å². The first-order chi connectivity index (χ1) is 16.8. The lowest BCUT2D eigenvalue weighted by Crippen LogP contribution is -2.59. The summed E-state index contributed by atoms with van der Waals surface area (Å²) in [6.07, 6.45) is 3.44. The van der Waals surface area contributed by atoms with Gasteiger partial charge in [0.25, 0.3) is 0 Å². The van der Waals surface area contributed by atoms with Crippen molar-refractivity contribution in [3.8, 4) is 11.1 Å². The summed E-state index contributed by atoms with van der Waals surface area (Å²) in [5, 5.41) is 15.0. The van der Waals surface area contributed by atoms with E-state index in [1.807, 2.05) is 31.2 Å². The first-order valence-corrected chi connectivity index (χ1v) is 12.5. The minimum atomic E-state index is -1.21. The molecule has 2 unspecified atom stereocenters. The number of benzene rings is 2. The van der Waals surface area contributed by atoms with Crippen molar-refractivity contribution in [2.75, 3.05) is 6.61 Å². The average molecular weight is 479 g/mol. The molecule has 4 rings (SSSR count). The van der Waals surface area contributed by atoms with Crippen LogP contribution in [-0.2, 0) is 14.3 Å². The van der Waals surface area contributed by atoms with Crippen molar-refractivity contribution in [2.24, 2.45) is 5.92 Å². The molecule has 2 aromatic rings. The van der Waals surface area contributed by atoms with Gasteiger partial charge < -0.3 is 20.5 Å². The van der Waals surface area contributed by atoms with Crippen LogP contribution in [0.1, 0.15) is 69.4 Å². The number of alkyl carbamates (subject to hydrolysis) is 1. The maximum absolute atomic E-state index is 13.2. The quantitative estimate of drug-likeness (QED) is 0.478.